The van der Waals surface area contributed by atoms with Crippen LogP contribution in [0, 0.1) is 0 Å². The highest BCUT2D eigenvalue weighted by Crippen LogP contribution is 2.28. The van der Waals surface area contributed by atoms with Crippen LogP contribution in [-0.4, -0.2) is 24.2 Å². The minimum atomic E-state index is 0.351. The molecule has 0 unspecified atom stereocenters. The van der Waals surface area contributed by atoms with Gasteiger partial charge in [-0.3, -0.25) is 4.98 Å². The lowest BCUT2D eigenvalue weighted by atomic mass is 10.1. The van der Waals surface area contributed by atoms with E-state index in [1.54, 1.807) is 26.5 Å². The summed E-state index contributed by atoms with van der Waals surface area (Å²) in [5.41, 5.74) is 1.52. The van der Waals surface area contributed by atoms with Gasteiger partial charge < -0.3 is 9.47 Å². The number of halogens is 1. The molecule has 5 heteroatoms. The van der Waals surface area contributed by atoms with Gasteiger partial charge in [-0.15, -0.1) is 0 Å². The predicted octanol–water partition coefficient (Wildman–Crippen LogP) is 2.81. The summed E-state index contributed by atoms with van der Waals surface area (Å²) < 4.78 is 10.4. The fraction of sp³-hybridized carbons (Fsp3) is 0.167. The number of hydrogen-bond donors (Lipinski definition) is 0. The minimum Gasteiger partial charge on any atom is -0.497 e. The smallest absolute Gasteiger partial charge is 0.148 e. The Balaban J connectivity index is 2.50. The first-order valence-electron chi connectivity index (χ1n) is 4.94. The molecule has 2 aromatic rings. The van der Waals surface area contributed by atoms with E-state index in [-0.39, 0.29) is 0 Å². The summed E-state index contributed by atoms with van der Waals surface area (Å²) in [6.07, 6.45) is 3.13. The summed E-state index contributed by atoms with van der Waals surface area (Å²) in [5.74, 6) is 1.39. The topological polar surface area (TPSA) is 44.2 Å². The Morgan fingerprint density at radius 3 is 2.18 bits per heavy atom. The SMILES string of the molecule is COc1cc(OC)cc(-c2cncc(Cl)n2)c1. The first-order valence-corrected chi connectivity index (χ1v) is 5.31. The third-order valence-corrected chi connectivity index (χ3v) is 2.43. The van der Waals surface area contributed by atoms with E-state index in [2.05, 4.69) is 9.97 Å². The van der Waals surface area contributed by atoms with E-state index in [9.17, 15) is 0 Å². The Kier molecular flexibility index (Phi) is 3.44. The molecule has 1 aromatic heterocycles. The van der Waals surface area contributed by atoms with Crippen LogP contribution in [0.5, 0.6) is 11.5 Å². The third-order valence-electron chi connectivity index (χ3n) is 2.25. The predicted molar refractivity (Wildman–Crippen MR) is 65.6 cm³/mol. The van der Waals surface area contributed by atoms with E-state index in [0.29, 0.717) is 22.3 Å². The minimum absolute atomic E-state index is 0.351. The number of benzene rings is 1. The maximum atomic E-state index is 5.81. The Morgan fingerprint density at radius 1 is 1.00 bits per heavy atom. The van der Waals surface area contributed by atoms with Gasteiger partial charge in [-0.1, -0.05) is 11.6 Å². The van der Waals surface area contributed by atoms with Crippen molar-refractivity contribution in [1.29, 1.82) is 0 Å². The maximum absolute atomic E-state index is 5.81. The molecule has 0 saturated carbocycles. The molecule has 4 nitrogen and oxygen atoms in total. The Hall–Kier alpha value is -1.81. The molecule has 0 N–H and O–H groups in total. The zero-order chi connectivity index (χ0) is 12.3. The van der Waals surface area contributed by atoms with Crippen LogP contribution in [0.3, 0.4) is 0 Å². The molecule has 0 fully saturated rings. The summed E-state index contributed by atoms with van der Waals surface area (Å²) in [6.45, 7) is 0. The van der Waals surface area contributed by atoms with Gasteiger partial charge in [0.25, 0.3) is 0 Å². The average molecular weight is 251 g/mol. The first-order chi connectivity index (χ1) is 8.22. The molecule has 0 atom stereocenters. The van der Waals surface area contributed by atoms with Crippen LogP contribution in [0.25, 0.3) is 11.3 Å². The number of rotatable bonds is 3. The van der Waals surface area contributed by atoms with Gasteiger partial charge in [0.1, 0.15) is 16.7 Å². The van der Waals surface area contributed by atoms with Crippen LogP contribution in [0.15, 0.2) is 30.6 Å². The van der Waals surface area contributed by atoms with Crippen molar-refractivity contribution in [2.24, 2.45) is 0 Å². The normalized spacial score (nSPS) is 10.1. The lowest BCUT2D eigenvalue weighted by Crippen LogP contribution is -1.91. The number of aromatic nitrogens is 2. The standard InChI is InChI=1S/C12H11ClN2O2/c1-16-9-3-8(4-10(5-9)17-2)11-6-14-7-12(13)15-11/h3-7H,1-2H3. The zero-order valence-electron chi connectivity index (χ0n) is 9.48. The molecule has 1 heterocycles. The zero-order valence-corrected chi connectivity index (χ0v) is 10.2. The van der Waals surface area contributed by atoms with Gasteiger partial charge in [0.2, 0.25) is 0 Å². The molecule has 0 spiro atoms. The van der Waals surface area contributed by atoms with Gasteiger partial charge in [-0.2, -0.15) is 0 Å². The molecule has 0 radical (unpaired) electrons. The van der Waals surface area contributed by atoms with Crippen molar-refractivity contribution >= 4 is 11.6 Å². The van der Waals surface area contributed by atoms with E-state index < -0.39 is 0 Å². The quantitative estimate of drug-likeness (QED) is 0.840. The lowest BCUT2D eigenvalue weighted by Gasteiger charge is -2.07. The van der Waals surface area contributed by atoms with Crippen LogP contribution in [0.1, 0.15) is 0 Å². The second kappa shape index (κ2) is 5.01. The van der Waals surface area contributed by atoms with Crippen LogP contribution >= 0.6 is 11.6 Å². The highest BCUT2D eigenvalue weighted by Gasteiger charge is 2.06. The van der Waals surface area contributed by atoms with Gasteiger partial charge >= 0.3 is 0 Å². The van der Waals surface area contributed by atoms with Gasteiger partial charge in [-0.05, 0) is 12.1 Å². The van der Waals surface area contributed by atoms with Crippen molar-refractivity contribution in [1.82, 2.24) is 9.97 Å². The van der Waals surface area contributed by atoms with Gasteiger partial charge in [0, 0.05) is 11.6 Å². The molecule has 0 aliphatic heterocycles. The summed E-state index contributed by atoms with van der Waals surface area (Å²) in [5, 5.41) is 0.351. The monoisotopic (exact) mass is 250 g/mol. The average Bonchev–Trinajstić information content (AvgIpc) is 2.38. The highest BCUT2D eigenvalue weighted by atomic mass is 35.5. The van der Waals surface area contributed by atoms with Crippen molar-refractivity contribution in [2.45, 2.75) is 0 Å². The largest absolute Gasteiger partial charge is 0.497 e. The van der Waals surface area contributed by atoms with E-state index >= 15 is 0 Å². The second-order valence-electron chi connectivity index (χ2n) is 3.33. The fourth-order valence-electron chi connectivity index (χ4n) is 1.44. The summed E-state index contributed by atoms with van der Waals surface area (Å²) in [7, 11) is 3.20. The van der Waals surface area contributed by atoms with Gasteiger partial charge in [-0.25, -0.2) is 4.98 Å². The lowest BCUT2D eigenvalue weighted by molar-refractivity contribution is 0.394. The number of hydrogen-bond acceptors (Lipinski definition) is 4. The molecule has 0 bridgehead atoms. The number of nitrogens with zero attached hydrogens (tertiary/aromatic N) is 2. The molecular weight excluding hydrogens is 240 g/mol. The molecule has 2 rings (SSSR count). The van der Waals surface area contributed by atoms with Gasteiger partial charge in [0.15, 0.2) is 0 Å². The van der Waals surface area contributed by atoms with Crippen molar-refractivity contribution in [3.8, 4) is 22.8 Å². The van der Waals surface area contributed by atoms with Crippen molar-refractivity contribution < 1.29 is 9.47 Å². The molecule has 0 aliphatic rings. The van der Waals surface area contributed by atoms with Crippen LogP contribution in [-0.2, 0) is 0 Å². The Bertz CT molecular complexity index is 509. The number of ether oxygens (including phenoxy) is 2. The van der Waals surface area contributed by atoms with E-state index in [0.717, 1.165) is 5.56 Å². The van der Waals surface area contributed by atoms with E-state index in [4.69, 9.17) is 21.1 Å². The van der Waals surface area contributed by atoms with Gasteiger partial charge in [0.05, 0.1) is 32.3 Å². The Morgan fingerprint density at radius 2 is 1.65 bits per heavy atom. The van der Waals surface area contributed by atoms with Crippen molar-refractivity contribution in [3.63, 3.8) is 0 Å². The van der Waals surface area contributed by atoms with E-state index in [1.807, 2.05) is 12.1 Å². The van der Waals surface area contributed by atoms with Crippen LogP contribution < -0.4 is 9.47 Å². The van der Waals surface area contributed by atoms with Crippen molar-refractivity contribution in [3.05, 3.63) is 35.7 Å². The molecule has 88 valence electrons. The third kappa shape index (κ3) is 2.65. The maximum Gasteiger partial charge on any atom is 0.148 e. The van der Waals surface area contributed by atoms with Crippen molar-refractivity contribution in [2.75, 3.05) is 14.2 Å². The summed E-state index contributed by atoms with van der Waals surface area (Å²) in [4.78, 5) is 8.18. The molecule has 1 aromatic carbocycles. The summed E-state index contributed by atoms with van der Waals surface area (Å²) in [6, 6.07) is 5.49. The molecule has 0 amide bonds. The van der Waals surface area contributed by atoms with Crippen LogP contribution in [0.4, 0.5) is 0 Å². The first kappa shape index (κ1) is 11.7. The van der Waals surface area contributed by atoms with E-state index in [1.165, 1.54) is 6.20 Å². The summed E-state index contributed by atoms with van der Waals surface area (Å²) >= 11 is 5.81. The second-order valence-corrected chi connectivity index (χ2v) is 3.72. The Labute approximate surface area is 104 Å². The molecule has 17 heavy (non-hydrogen) atoms. The number of methoxy groups -OCH3 is 2. The fourth-order valence-corrected chi connectivity index (χ4v) is 1.58. The van der Waals surface area contributed by atoms with Crippen LogP contribution in [0.2, 0.25) is 5.15 Å². The molecule has 0 saturated heterocycles. The molecular formula is C12H11ClN2O2. The highest BCUT2D eigenvalue weighted by molar-refractivity contribution is 6.29. The molecule has 0 aliphatic carbocycles.